The van der Waals surface area contributed by atoms with Crippen LogP contribution in [0.25, 0.3) is 0 Å². The van der Waals surface area contributed by atoms with Gasteiger partial charge in [-0.1, -0.05) is 23.8 Å². The number of anilines is 1. The van der Waals surface area contributed by atoms with Crippen molar-refractivity contribution >= 4 is 23.0 Å². The molecular weight excluding hydrogens is 418 g/mol. The Bertz CT molecular complexity index is 1220. The highest BCUT2D eigenvalue weighted by molar-refractivity contribution is 7.80. The Hall–Kier alpha value is -3.64. The molecule has 32 heavy (non-hydrogen) atoms. The van der Waals surface area contributed by atoms with Gasteiger partial charge in [0.05, 0.1) is 11.7 Å². The minimum absolute atomic E-state index is 0.127. The number of pyridine rings is 1. The third-order valence-electron chi connectivity index (χ3n) is 5.52. The summed E-state index contributed by atoms with van der Waals surface area (Å²) in [5.41, 5.74) is 3.07. The largest absolute Gasteiger partial charge is 0.464 e. The molecule has 1 N–H and O–H groups in total. The predicted molar refractivity (Wildman–Crippen MR) is 129 cm³/mol. The number of thiocarbonyl (C=S) groups is 1. The predicted octanol–water partition coefficient (Wildman–Crippen LogP) is 6.26. The highest BCUT2D eigenvalue weighted by atomic mass is 32.1. The molecule has 0 unspecified atom stereocenters. The van der Waals surface area contributed by atoms with E-state index < -0.39 is 0 Å². The van der Waals surface area contributed by atoms with Crippen LogP contribution in [0.4, 0.5) is 5.69 Å². The van der Waals surface area contributed by atoms with E-state index in [9.17, 15) is 0 Å². The molecule has 0 amide bonds. The summed E-state index contributed by atoms with van der Waals surface area (Å²) in [5, 5.41) is 4.07. The van der Waals surface area contributed by atoms with Crippen LogP contribution in [0, 0.1) is 13.8 Å². The van der Waals surface area contributed by atoms with Crippen molar-refractivity contribution in [2.45, 2.75) is 25.9 Å². The smallest absolute Gasteiger partial charge is 0.174 e. The molecule has 160 valence electrons. The summed E-state index contributed by atoms with van der Waals surface area (Å²) in [6, 6.07) is 25.5. The second-order valence-electron chi connectivity index (χ2n) is 7.85. The first-order valence-corrected chi connectivity index (χ1v) is 10.9. The van der Waals surface area contributed by atoms with Gasteiger partial charge in [0, 0.05) is 11.9 Å². The first-order chi connectivity index (χ1) is 15.6. The van der Waals surface area contributed by atoms with Crippen LogP contribution in [0.2, 0.25) is 0 Å². The van der Waals surface area contributed by atoms with Gasteiger partial charge in [-0.15, -0.1) is 0 Å². The zero-order valence-corrected chi connectivity index (χ0v) is 18.7. The molecule has 2 aromatic carbocycles. The molecule has 1 aliphatic rings. The molecule has 2 atom stereocenters. The number of hydrogen-bond acceptors (Lipinski definition) is 4. The maximum Gasteiger partial charge on any atom is 0.174 e. The fourth-order valence-electron chi connectivity index (χ4n) is 3.95. The van der Waals surface area contributed by atoms with E-state index in [1.165, 1.54) is 5.56 Å². The van der Waals surface area contributed by atoms with Crippen molar-refractivity contribution in [1.82, 2.24) is 10.3 Å². The molecule has 0 aliphatic carbocycles. The lowest BCUT2D eigenvalue weighted by Gasteiger charge is -2.26. The van der Waals surface area contributed by atoms with Crippen LogP contribution in [0.1, 0.15) is 34.9 Å². The number of aryl methyl sites for hydroxylation is 2. The third kappa shape index (κ3) is 3.97. The first kappa shape index (κ1) is 20.3. The normalized spacial score (nSPS) is 17.9. The molecular formula is C26H23N3O2S. The van der Waals surface area contributed by atoms with Crippen LogP contribution in [-0.4, -0.2) is 10.1 Å². The number of hydrogen-bond donors (Lipinski definition) is 1. The second-order valence-corrected chi connectivity index (χ2v) is 8.24. The second kappa shape index (κ2) is 8.48. The summed E-state index contributed by atoms with van der Waals surface area (Å²) in [4.78, 5) is 6.65. The van der Waals surface area contributed by atoms with Gasteiger partial charge in [0.2, 0.25) is 0 Å². The molecule has 0 spiro atoms. The van der Waals surface area contributed by atoms with E-state index in [0.717, 1.165) is 34.4 Å². The van der Waals surface area contributed by atoms with E-state index in [4.69, 9.17) is 21.4 Å². The average molecular weight is 442 g/mol. The number of furan rings is 1. The van der Waals surface area contributed by atoms with Crippen molar-refractivity contribution in [1.29, 1.82) is 0 Å². The van der Waals surface area contributed by atoms with Gasteiger partial charge in [0.1, 0.15) is 29.1 Å². The van der Waals surface area contributed by atoms with Crippen LogP contribution in [0.3, 0.4) is 0 Å². The van der Waals surface area contributed by atoms with E-state index in [1.54, 1.807) is 6.20 Å². The van der Waals surface area contributed by atoms with E-state index in [1.807, 2.05) is 85.8 Å². The maximum absolute atomic E-state index is 6.04. The van der Waals surface area contributed by atoms with Crippen molar-refractivity contribution in [3.63, 3.8) is 0 Å². The number of ether oxygens (including phenoxy) is 1. The van der Waals surface area contributed by atoms with Gasteiger partial charge in [-0.05, 0) is 86.7 Å². The van der Waals surface area contributed by atoms with Crippen LogP contribution in [-0.2, 0) is 0 Å². The van der Waals surface area contributed by atoms with Crippen LogP contribution in [0.15, 0.2) is 89.5 Å². The van der Waals surface area contributed by atoms with Crippen LogP contribution in [0.5, 0.6) is 11.5 Å². The quantitative estimate of drug-likeness (QED) is 0.369. The molecule has 2 aromatic heterocycles. The molecule has 1 aliphatic heterocycles. The van der Waals surface area contributed by atoms with Gasteiger partial charge in [-0.2, -0.15) is 0 Å². The Morgan fingerprint density at radius 3 is 2.25 bits per heavy atom. The Morgan fingerprint density at radius 2 is 1.62 bits per heavy atom. The molecule has 3 heterocycles. The van der Waals surface area contributed by atoms with E-state index in [2.05, 4.69) is 22.1 Å². The standard InChI is InChI=1S/C26H23N3O2S/c1-17-6-11-20(12-7-17)31-21-13-9-19(10-14-21)29-25(23-15-8-18(2)30-23)24(28-26(29)32)22-5-3-4-16-27-22/h3-16,24-25H,1-2H3,(H,28,32)/t24-,25-/m1/s1. The lowest BCUT2D eigenvalue weighted by molar-refractivity contribution is 0.418. The lowest BCUT2D eigenvalue weighted by atomic mass is 10.0. The number of nitrogens with zero attached hydrogens (tertiary/aromatic N) is 2. The third-order valence-corrected chi connectivity index (χ3v) is 5.84. The Kier molecular flexibility index (Phi) is 5.37. The summed E-state index contributed by atoms with van der Waals surface area (Å²) in [6.45, 7) is 4.00. The molecule has 0 saturated carbocycles. The molecule has 1 fully saturated rings. The van der Waals surface area contributed by atoms with Crippen molar-refractivity contribution in [3.8, 4) is 11.5 Å². The Morgan fingerprint density at radius 1 is 0.906 bits per heavy atom. The van der Waals surface area contributed by atoms with Gasteiger partial charge < -0.3 is 19.4 Å². The van der Waals surface area contributed by atoms with Gasteiger partial charge >= 0.3 is 0 Å². The molecule has 6 heteroatoms. The summed E-state index contributed by atoms with van der Waals surface area (Å²) >= 11 is 5.75. The number of nitrogens with one attached hydrogen (secondary N) is 1. The topological polar surface area (TPSA) is 50.5 Å². The highest BCUT2D eigenvalue weighted by Gasteiger charge is 2.42. The van der Waals surface area contributed by atoms with E-state index in [-0.39, 0.29) is 12.1 Å². The number of benzene rings is 2. The van der Waals surface area contributed by atoms with Gasteiger partial charge in [0.15, 0.2) is 5.11 Å². The monoisotopic (exact) mass is 441 g/mol. The number of rotatable bonds is 5. The maximum atomic E-state index is 6.04. The molecule has 4 aromatic rings. The van der Waals surface area contributed by atoms with Gasteiger partial charge in [-0.3, -0.25) is 4.98 Å². The van der Waals surface area contributed by atoms with Crippen molar-refractivity contribution in [2.75, 3.05) is 4.90 Å². The first-order valence-electron chi connectivity index (χ1n) is 10.5. The van der Waals surface area contributed by atoms with E-state index >= 15 is 0 Å². The average Bonchev–Trinajstić information content (AvgIpc) is 3.39. The minimum Gasteiger partial charge on any atom is -0.464 e. The zero-order valence-electron chi connectivity index (χ0n) is 17.9. The number of aromatic nitrogens is 1. The molecule has 0 radical (unpaired) electrons. The van der Waals surface area contributed by atoms with Gasteiger partial charge in [-0.25, -0.2) is 0 Å². The molecule has 0 bridgehead atoms. The van der Waals surface area contributed by atoms with Crippen molar-refractivity contribution in [3.05, 3.63) is 108 Å². The summed E-state index contributed by atoms with van der Waals surface area (Å²) in [6.07, 6.45) is 1.80. The molecule has 5 nitrogen and oxygen atoms in total. The van der Waals surface area contributed by atoms with Crippen molar-refractivity contribution in [2.24, 2.45) is 0 Å². The fraction of sp³-hybridized carbons (Fsp3) is 0.154. The van der Waals surface area contributed by atoms with Crippen LogP contribution < -0.4 is 15.0 Å². The highest BCUT2D eigenvalue weighted by Crippen LogP contribution is 2.42. The van der Waals surface area contributed by atoms with E-state index in [0.29, 0.717) is 5.11 Å². The summed E-state index contributed by atoms with van der Waals surface area (Å²) in [7, 11) is 0. The molecule has 5 rings (SSSR count). The lowest BCUT2D eigenvalue weighted by Crippen LogP contribution is -2.29. The Balaban J connectivity index is 1.46. The summed E-state index contributed by atoms with van der Waals surface area (Å²) < 4.78 is 12.0. The van der Waals surface area contributed by atoms with Crippen molar-refractivity contribution < 1.29 is 9.15 Å². The molecule has 1 saturated heterocycles. The van der Waals surface area contributed by atoms with Crippen LogP contribution >= 0.6 is 12.2 Å². The van der Waals surface area contributed by atoms with Gasteiger partial charge in [0.25, 0.3) is 0 Å². The fourth-order valence-corrected chi connectivity index (χ4v) is 4.30. The summed E-state index contributed by atoms with van der Waals surface area (Å²) in [5.74, 6) is 3.27. The SMILES string of the molecule is Cc1ccc(Oc2ccc(N3C(=S)N[C@H](c4ccccn4)[C@H]3c3ccc(C)o3)cc2)cc1. The minimum atomic E-state index is -0.157. The zero-order chi connectivity index (χ0) is 22.1. The Labute approximate surface area is 192 Å².